The van der Waals surface area contributed by atoms with Crippen molar-refractivity contribution in [1.82, 2.24) is 9.62 Å². The van der Waals surface area contributed by atoms with Crippen LogP contribution in [0.15, 0.2) is 35.2 Å². The van der Waals surface area contributed by atoms with Crippen molar-refractivity contribution in [1.29, 1.82) is 0 Å². The van der Waals surface area contributed by atoms with Gasteiger partial charge in [-0.15, -0.1) is 0 Å². The lowest BCUT2D eigenvalue weighted by Gasteiger charge is -2.36. The average Bonchev–Trinajstić information content (AvgIpc) is 2.72. The van der Waals surface area contributed by atoms with Crippen molar-refractivity contribution in [2.75, 3.05) is 37.6 Å². The van der Waals surface area contributed by atoms with Crippen LogP contribution >= 0.6 is 0 Å². The summed E-state index contributed by atoms with van der Waals surface area (Å²) < 4.78 is 28.5. The Kier molecular flexibility index (Phi) is 7.06. The summed E-state index contributed by atoms with van der Waals surface area (Å²) in [5.74, 6) is -0.0130. The molecule has 0 aliphatic carbocycles. The Balaban J connectivity index is 1.56. The van der Waals surface area contributed by atoms with Crippen LogP contribution < -0.4 is 9.62 Å². The van der Waals surface area contributed by atoms with Crippen LogP contribution in [0.5, 0.6) is 0 Å². The maximum absolute atomic E-state index is 12.9. The first-order chi connectivity index (χ1) is 14.6. The van der Waals surface area contributed by atoms with Crippen molar-refractivity contribution < 1.29 is 13.2 Å². The van der Waals surface area contributed by atoms with Gasteiger partial charge in [0.15, 0.2) is 0 Å². The highest BCUT2D eigenvalue weighted by atomic mass is 32.2. The molecule has 0 unspecified atom stereocenters. The molecule has 1 fully saturated rings. The number of hydrogen-bond acceptors (Lipinski definition) is 4. The third kappa shape index (κ3) is 5.10. The predicted octanol–water partition coefficient (Wildman–Crippen LogP) is 3.25. The Labute approximate surface area is 186 Å². The highest BCUT2D eigenvalue weighted by Crippen LogP contribution is 2.26. The molecule has 1 saturated heterocycles. The predicted molar refractivity (Wildman–Crippen MR) is 125 cm³/mol. The number of hydrogen-bond donors (Lipinski definition) is 1. The van der Waals surface area contributed by atoms with Crippen LogP contribution in [-0.4, -0.2) is 51.9 Å². The van der Waals surface area contributed by atoms with Crippen LogP contribution in [0.2, 0.25) is 0 Å². The first kappa shape index (κ1) is 23.3. The Bertz CT molecular complexity index is 1050. The number of anilines is 1. The molecular formula is C24H33N3O3S. The largest absolute Gasteiger partial charge is 0.368 e. The van der Waals surface area contributed by atoms with Gasteiger partial charge in [0.1, 0.15) is 0 Å². The molecule has 3 rings (SSSR count). The van der Waals surface area contributed by atoms with E-state index in [-0.39, 0.29) is 18.9 Å². The van der Waals surface area contributed by atoms with E-state index in [9.17, 15) is 13.2 Å². The Morgan fingerprint density at radius 1 is 0.903 bits per heavy atom. The summed E-state index contributed by atoms with van der Waals surface area (Å²) in [6, 6.07) is 10.3. The summed E-state index contributed by atoms with van der Waals surface area (Å²) in [4.78, 5) is 17.1. The molecule has 2 aromatic carbocycles. The molecule has 2 aromatic rings. The number of piperazine rings is 1. The van der Waals surface area contributed by atoms with Gasteiger partial charge in [-0.1, -0.05) is 24.3 Å². The van der Waals surface area contributed by atoms with E-state index in [1.807, 2.05) is 50.8 Å². The van der Waals surface area contributed by atoms with Crippen molar-refractivity contribution in [3.63, 3.8) is 0 Å². The minimum Gasteiger partial charge on any atom is -0.368 e. The maximum atomic E-state index is 12.9. The van der Waals surface area contributed by atoms with Crippen molar-refractivity contribution in [3.05, 3.63) is 58.1 Å². The average molecular weight is 444 g/mol. The lowest BCUT2D eigenvalue weighted by atomic mass is 10.0. The van der Waals surface area contributed by atoms with Crippen LogP contribution in [-0.2, 0) is 14.8 Å². The summed E-state index contributed by atoms with van der Waals surface area (Å²) in [6.07, 6.45) is 0.159. The van der Waals surface area contributed by atoms with E-state index < -0.39 is 10.0 Å². The third-order valence-electron chi connectivity index (χ3n) is 6.29. The van der Waals surface area contributed by atoms with Crippen molar-refractivity contribution >= 4 is 21.6 Å². The van der Waals surface area contributed by atoms with E-state index in [0.717, 1.165) is 35.3 Å². The zero-order valence-corrected chi connectivity index (χ0v) is 20.0. The lowest BCUT2D eigenvalue weighted by Crippen LogP contribution is -2.49. The van der Waals surface area contributed by atoms with Crippen LogP contribution in [0.4, 0.5) is 5.69 Å². The molecule has 6 nitrogen and oxygen atoms in total. The third-order valence-corrected chi connectivity index (χ3v) is 8.02. The monoisotopic (exact) mass is 443 g/mol. The number of carbonyl (C=O) groups excluding carboxylic acids is 1. The number of amides is 1. The lowest BCUT2D eigenvalue weighted by molar-refractivity contribution is -0.131. The summed E-state index contributed by atoms with van der Waals surface area (Å²) in [6.45, 7) is 12.5. The molecule has 0 spiro atoms. The Hall–Kier alpha value is -2.38. The molecule has 0 atom stereocenters. The van der Waals surface area contributed by atoms with Gasteiger partial charge >= 0.3 is 0 Å². The number of para-hydroxylation sites is 1. The zero-order valence-electron chi connectivity index (χ0n) is 19.2. The maximum Gasteiger partial charge on any atom is 0.241 e. The fourth-order valence-corrected chi connectivity index (χ4v) is 5.86. The molecule has 31 heavy (non-hydrogen) atoms. The minimum atomic E-state index is -3.67. The first-order valence-corrected chi connectivity index (χ1v) is 12.3. The standard InChI is InChI=1S/C24H33N3O3S/c1-17-8-6-7-9-22(17)26-12-14-27(15-13-26)23(28)10-11-25-31(29,30)24-20(4)18(2)16-19(3)21(24)5/h6-9,16,25H,10-15H2,1-5H3. The van der Waals surface area contributed by atoms with E-state index in [2.05, 4.69) is 28.7 Å². The van der Waals surface area contributed by atoms with Crippen LogP contribution in [0.1, 0.15) is 34.2 Å². The number of carbonyl (C=O) groups is 1. The van der Waals surface area contributed by atoms with E-state index in [4.69, 9.17) is 0 Å². The van der Waals surface area contributed by atoms with Gasteiger partial charge in [-0.3, -0.25) is 4.79 Å². The number of nitrogens with one attached hydrogen (secondary N) is 1. The summed E-state index contributed by atoms with van der Waals surface area (Å²) in [5.41, 5.74) is 5.86. The molecule has 1 aliphatic rings. The molecule has 1 N–H and O–H groups in total. The van der Waals surface area contributed by atoms with Gasteiger partial charge < -0.3 is 9.80 Å². The van der Waals surface area contributed by atoms with Gasteiger partial charge in [-0.2, -0.15) is 0 Å². The van der Waals surface area contributed by atoms with E-state index in [1.165, 1.54) is 11.3 Å². The van der Waals surface area contributed by atoms with Gasteiger partial charge in [-0.05, 0) is 68.5 Å². The molecule has 1 aliphatic heterocycles. The molecule has 1 amide bonds. The molecule has 168 valence electrons. The molecule has 7 heteroatoms. The molecule has 0 aromatic heterocycles. The van der Waals surface area contributed by atoms with Gasteiger partial charge in [0.05, 0.1) is 4.90 Å². The molecule has 0 bridgehead atoms. The SMILES string of the molecule is Cc1ccccc1N1CCN(C(=O)CCNS(=O)(=O)c2c(C)c(C)cc(C)c2C)CC1. The quantitative estimate of drug-likeness (QED) is 0.744. The number of sulfonamides is 1. The highest BCUT2D eigenvalue weighted by molar-refractivity contribution is 7.89. The van der Waals surface area contributed by atoms with E-state index >= 15 is 0 Å². The number of rotatable bonds is 6. The number of benzene rings is 2. The second kappa shape index (κ2) is 9.40. The number of nitrogens with zero attached hydrogens (tertiary/aromatic N) is 2. The summed E-state index contributed by atoms with van der Waals surface area (Å²) in [7, 11) is -3.67. The van der Waals surface area contributed by atoms with E-state index in [0.29, 0.717) is 18.0 Å². The fraction of sp³-hybridized carbons (Fsp3) is 0.458. The van der Waals surface area contributed by atoms with Crippen molar-refractivity contribution in [2.45, 2.75) is 45.9 Å². The first-order valence-electron chi connectivity index (χ1n) is 10.8. The highest BCUT2D eigenvalue weighted by Gasteiger charge is 2.24. The molecule has 0 radical (unpaired) electrons. The second-order valence-electron chi connectivity index (χ2n) is 8.39. The normalized spacial score (nSPS) is 14.7. The van der Waals surface area contributed by atoms with Crippen molar-refractivity contribution in [3.8, 4) is 0 Å². The van der Waals surface area contributed by atoms with Crippen molar-refractivity contribution in [2.24, 2.45) is 0 Å². The molecule has 0 saturated carbocycles. The Morgan fingerprint density at radius 3 is 2.06 bits per heavy atom. The molecular weight excluding hydrogens is 410 g/mol. The van der Waals surface area contributed by atoms with Gasteiger partial charge in [0, 0.05) is 44.8 Å². The molecule has 1 heterocycles. The van der Waals surface area contributed by atoms with Gasteiger partial charge in [0.2, 0.25) is 15.9 Å². The second-order valence-corrected chi connectivity index (χ2v) is 10.1. The topological polar surface area (TPSA) is 69.7 Å². The minimum absolute atomic E-state index is 0.0130. The Morgan fingerprint density at radius 2 is 1.48 bits per heavy atom. The van der Waals surface area contributed by atoms with E-state index in [1.54, 1.807) is 0 Å². The van der Waals surface area contributed by atoms with Crippen LogP contribution in [0, 0.1) is 34.6 Å². The number of aryl methyl sites for hydroxylation is 3. The smallest absolute Gasteiger partial charge is 0.241 e. The van der Waals surface area contributed by atoms with Gasteiger partial charge in [0.25, 0.3) is 0 Å². The summed E-state index contributed by atoms with van der Waals surface area (Å²) >= 11 is 0. The zero-order chi connectivity index (χ0) is 22.8. The summed E-state index contributed by atoms with van der Waals surface area (Å²) in [5, 5.41) is 0. The fourth-order valence-electron chi connectivity index (χ4n) is 4.22. The van der Waals surface area contributed by atoms with Crippen LogP contribution in [0.3, 0.4) is 0 Å². The van der Waals surface area contributed by atoms with Gasteiger partial charge in [-0.25, -0.2) is 13.1 Å². The van der Waals surface area contributed by atoms with Crippen LogP contribution in [0.25, 0.3) is 0 Å².